The quantitative estimate of drug-likeness (QED) is 0.792. The standard InChI is InChI=1S/C14H20N2O3S/c1-10(11-4-6-12(20-3)7-5-11)15-14(19)16(2)9-8-13(17)18/h4-7,10H,8-9H2,1-3H3,(H,15,19)(H,17,18)/t10-/m0/s1. The first kappa shape index (κ1) is 16.4. The largest absolute Gasteiger partial charge is 0.481 e. The summed E-state index contributed by atoms with van der Waals surface area (Å²) in [6.07, 6.45) is 1.96. The van der Waals surface area contributed by atoms with Crippen LogP contribution in [-0.2, 0) is 4.79 Å². The van der Waals surface area contributed by atoms with Gasteiger partial charge in [0.1, 0.15) is 0 Å². The van der Waals surface area contributed by atoms with E-state index in [9.17, 15) is 9.59 Å². The number of nitrogens with zero attached hydrogens (tertiary/aromatic N) is 1. The molecule has 0 heterocycles. The highest BCUT2D eigenvalue weighted by Gasteiger charge is 2.14. The van der Waals surface area contributed by atoms with Gasteiger partial charge in [-0.2, -0.15) is 0 Å². The molecule has 6 heteroatoms. The van der Waals surface area contributed by atoms with Crippen molar-refractivity contribution in [2.24, 2.45) is 0 Å². The predicted octanol–water partition coefficient (Wildman–Crippen LogP) is 2.59. The van der Waals surface area contributed by atoms with Crippen LogP contribution in [0.4, 0.5) is 4.79 Å². The Morgan fingerprint density at radius 3 is 2.45 bits per heavy atom. The van der Waals surface area contributed by atoms with Gasteiger partial charge in [-0.3, -0.25) is 4.79 Å². The van der Waals surface area contributed by atoms with Crippen LogP contribution in [0.25, 0.3) is 0 Å². The van der Waals surface area contributed by atoms with E-state index in [0.29, 0.717) is 0 Å². The van der Waals surface area contributed by atoms with Gasteiger partial charge in [-0.05, 0) is 30.9 Å². The third kappa shape index (κ3) is 5.13. The topological polar surface area (TPSA) is 69.6 Å². The second-order valence-electron chi connectivity index (χ2n) is 4.51. The summed E-state index contributed by atoms with van der Waals surface area (Å²) in [5.41, 5.74) is 1.02. The number of carbonyl (C=O) groups is 2. The van der Waals surface area contributed by atoms with Crippen molar-refractivity contribution in [2.45, 2.75) is 24.3 Å². The molecule has 20 heavy (non-hydrogen) atoms. The third-order valence-electron chi connectivity index (χ3n) is 2.96. The van der Waals surface area contributed by atoms with Crippen LogP contribution in [0.3, 0.4) is 0 Å². The van der Waals surface area contributed by atoms with Crippen molar-refractivity contribution >= 4 is 23.8 Å². The number of amides is 2. The zero-order valence-electron chi connectivity index (χ0n) is 11.9. The first-order valence-corrected chi connectivity index (χ1v) is 7.54. The van der Waals surface area contributed by atoms with Gasteiger partial charge in [-0.25, -0.2) is 4.79 Å². The molecule has 0 aliphatic carbocycles. The highest BCUT2D eigenvalue weighted by atomic mass is 32.2. The summed E-state index contributed by atoms with van der Waals surface area (Å²) < 4.78 is 0. The van der Waals surface area contributed by atoms with E-state index in [-0.39, 0.29) is 25.0 Å². The fourth-order valence-corrected chi connectivity index (χ4v) is 2.04. The fourth-order valence-electron chi connectivity index (χ4n) is 1.64. The van der Waals surface area contributed by atoms with Gasteiger partial charge < -0.3 is 15.3 Å². The van der Waals surface area contributed by atoms with Crippen LogP contribution >= 0.6 is 11.8 Å². The number of aliphatic carboxylic acids is 1. The number of thioether (sulfide) groups is 1. The average molecular weight is 296 g/mol. The van der Waals surface area contributed by atoms with Gasteiger partial charge in [-0.1, -0.05) is 12.1 Å². The minimum atomic E-state index is -0.912. The summed E-state index contributed by atoms with van der Waals surface area (Å²) in [4.78, 5) is 24.9. The summed E-state index contributed by atoms with van der Waals surface area (Å²) >= 11 is 1.67. The zero-order valence-corrected chi connectivity index (χ0v) is 12.7. The van der Waals surface area contributed by atoms with E-state index in [1.807, 2.05) is 37.4 Å². The lowest BCUT2D eigenvalue weighted by Gasteiger charge is -2.21. The number of carbonyl (C=O) groups excluding carboxylic acids is 1. The zero-order chi connectivity index (χ0) is 15.1. The molecule has 1 aromatic carbocycles. The number of urea groups is 1. The van der Waals surface area contributed by atoms with Crippen LogP contribution in [0.5, 0.6) is 0 Å². The minimum absolute atomic E-state index is 0.0548. The highest BCUT2D eigenvalue weighted by Crippen LogP contribution is 2.18. The van der Waals surface area contributed by atoms with E-state index in [2.05, 4.69) is 5.32 Å². The van der Waals surface area contributed by atoms with Crippen molar-refractivity contribution in [3.8, 4) is 0 Å². The SMILES string of the molecule is CSc1ccc([C@H](C)NC(=O)N(C)CCC(=O)O)cc1. The fraction of sp³-hybridized carbons (Fsp3) is 0.429. The van der Waals surface area contributed by atoms with Gasteiger partial charge in [0.2, 0.25) is 0 Å². The first-order chi connectivity index (χ1) is 9.43. The van der Waals surface area contributed by atoms with E-state index >= 15 is 0 Å². The molecule has 0 aromatic heterocycles. The molecule has 0 saturated heterocycles. The molecule has 0 bridgehead atoms. The van der Waals surface area contributed by atoms with E-state index in [4.69, 9.17) is 5.11 Å². The van der Waals surface area contributed by atoms with Crippen molar-refractivity contribution < 1.29 is 14.7 Å². The van der Waals surface area contributed by atoms with Crippen molar-refractivity contribution in [3.05, 3.63) is 29.8 Å². The first-order valence-electron chi connectivity index (χ1n) is 6.31. The van der Waals surface area contributed by atoms with Gasteiger partial charge in [-0.15, -0.1) is 11.8 Å². The van der Waals surface area contributed by atoms with E-state index in [0.717, 1.165) is 5.56 Å². The molecular formula is C14H20N2O3S. The van der Waals surface area contributed by atoms with Gasteiger partial charge in [0.25, 0.3) is 0 Å². The molecule has 2 N–H and O–H groups in total. The van der Waals surface area contributed by atoms with Crippen molar-refractivity contribution in [1.29, 1.82) is 0 Å². The molecule has 0 radical (unpaired) electrons. The Morgan fingerprint density at radius 1 is 1.35 bits per heavy atom. The average Bonchev–Trinajstić information content (AvgIpc) is 2.44. The van der Waals surface area contributed by atoms with Gasteiger partial charge >= 0.3 is 12.0 Å². The van der Waals surface area contributed by atoms with Crippen LogP contribution < -0.4 is 5.32 Å². The highest BCUT2D eigenvalue weighted by molar-refractivity contribution is 7.98. The monoisotopic (exact) mass is 296 g/mol. The molecule has 0 fully saturated rings. The van der Waals surface area contributed by atoms with Crippen LogP contribution in [0, 0.1) is 0 Å². The van der Waals surface area contributed by atoms with E-state index in [1.54, 1.807) is 18.8 Å². The Morgan fingerprint density at radius 2 is 1.95 bits per heavy atom. The van der Waals surface area contributed by atoms with Crippen LogP contribution in [-0.4, -0.2) is 41.9 Å². The maximum Gasteiger partial charge on any atom is 0.317 e. The molecule has 110 valence electrons. The molecule has 2 amide bonds. The lowest BCUT2D eigenvalue weighted by Crippen LogP contribution is -2.39. The van der Waals surface area contributed by atoms with Crippen molar-refractivity contribution in [1.82, 2.24) is 10.2 Å². The second-order valence-corrected chi connectivity index (χ2v) is 5.39. The van der Waals surface area contributed by atoms with Gasteiger partial charge in [0.05, 0.1) is 12.5 Å². The van der Waals surface area contributed by atoms with E-state index < -0.39 is 5.97 Å². The van der Waals surface area contributed by atoms with Crippen LogP contribution in [0.15, 0.2) is 29.2 Å². The second kappa shape index (κ2) is 7.79. The molecule has 0 aliphatic rings. The summed E-state index contributed by atoms with van der Waals surface area (Å²) in [7, 11) is 1.59. The number of hydrogen-bond acceptors (Lipinski definition) is 3. The van der Waals surface area contributed by atoms with Gasteiger partial charge in [0.15, 0.2) is 0 Å². The Balaban J connectivity index is 2.53. The lowest BCUT2D eigenvalue weighted by molar-refractivity contribution is -0.137. The molecule has 0 spiro atoms. The number of benzene rings is 1. The molecule has 1 aromatic rings. The lowest BCUT2D eigenvalue weighted by atomic mass is 10.1. The molecule has 5 nitrogen and oxygen atoms in total. The number of nitrogens with one attached hydrogen (secondary N) is 1. The Hall–Kier alpha value is -1.69. The van der Waals surface area contributed by atoms with E-state index in [1.165, 1.54) is 9.80 Å². The molecule has 1 rings (SSSR count). The normalized spacial score (nSPS) is 11.8. The Labute approximate surface area is 123 Å². The summed E-state index contributed by atoms with van der Waals surface area (Å²) in [5, 5.41) is 11.4. The summed E-state index contributed by atoms with van der Waals surface area (Å²) in [6, 6.07) is 7.59. The number of hydrogen-bond donors (Lipinski definition) is 2. The van der Waals surface area contributed by atoms with Crippen LogP contribution in [0.2, 0.25) is 0 Å². The van der Waals surface area contributed by atoms with Crippen LogP contribution in [0.1, 0.15) is 24.9 Å². The summed E-state index contributed by atoms with van der Waals surface area (Å²) in [6.45, 7) is 2.09. The molecule has 1 atom stereocenters. The molecule has 0 saturated carbocycles. The maximum absolute atomic E-state index is 11.9. The maximum atomic E-state index is 11.9. The smallest absolute Gasteiger partial charge is 0.317 e. The van der Waals surface area contributed by atoms with Gasteiger partial charge in [0, 0.05) is 18.5 Å². The van der Waals surface area contributed by atoms with Crippen molar-refractivity contribution in [3.63, 3.8) is 0 Å². The Kier molecular flexibility index (Phi) is 6.38. The number of carboxylic acids is 1. The minimum Gasteiger partial charge on any atom is -0.481 e. The number of carboxylic acid groups (broad SMARTS) is 1. The predicted molar refractivity (Wildman–Crippen MR) is 80.1 cm³/mol. The van der Waals surface area contributed by atoms with Crippen molar-refractivity contribution in [2.75, 3.05) is 19.8 Å². The molecule has 0 aliphatic heterocycles. The summed E-state index contributed by atoms with van der Waals surface area (Å²) in [5.74, 6) is -0.912. The number of rotatable bonds is 6. The Bertz CT molecular complexity index is 462. The molecule has 0 unspecified atom stereocenters. The third-order valence-corrected chi connectivity index (χ3v) is 3.71. The molecular weight excluding hydrogens is 276 g/mol.